The Morgan fingerprint density at radius 2 is 2.12 bits per heavy atom. The van der Waals surface area contributed by atoms with Crippen molar-refractivity contribution in [2.75, 3.05) is 7.11 Å². The number of rotatable bonds is 4. The van der Waals surface area contributed by atoms with E-state index in [2.05, 4.69) is 15.9 Å². The van der Waals surface area contributed by atoms with Crippen LogP contribution in [0.3, 0.4) is 0 Å². The highest BCUT2D eigenvalue weighted by molar-refractivity contribution is 9.10. The van der Waals surface area contributed by atoms with Crippen LogP contribution in [0.25, 0.3) is 0 Å². The first-order valence-electron chi connectivity index (χ1n) is 4.93. The van der Waals surface area contributed by atoms with Crippen LogP contribution in [0.5, 0.6) is 5.75 Å². The third-order valence-corrected chi connectivity index (χ3v) is 3.09. The number of hydrogen-bond acceptors (Lipinski definition) is 2. The number of hydrogen-bond donors (Lipinski definition) is 1. The molecule has 0 saturated carbocycles. The molecule has 1 rings (SSSR count). The first-order chi connectivity index (χ1) is 7.38. The predicted molar refractivity (Wildman–Crippen MR) is 65.8 cm³/mol. The molecule has 0 aliphatic rings. The molecular formula is C12H15BrO3. The molecule has 1 N–H and O–H groups in total. The summed E-state index contributed by atoms with van der Waals surface area (Å²) in [7, 11) is 1.58. The van der Waals surface area contributed by atoms with E-state index in [-0.39, 0.29) is 0 Å². The molecule has 16 heavy (non-hydrogen) atoms. The van der Waals surface area contributed by atoms with Crippen molar-refractivity contribution < 1.29 is 14.6 Å². The summed E-state index contributed by atoms with van der Waals surface area (Å²) in [6.07, 6.45) is 0.435. The summed E-state index contributed by atoms with van der Waals surface area (Å²) >= 11 is 3.38. The standard InChI is InChI=1S/C12H15BrO3/c1-12(2,11(14)15)7-8-5-4-6-9(13)10(8)16-3/h4-6H,7H2,1-3H3,(H,14,15). The van der Waals surface area contributed by atoms with Gasteiger partial charge in [0.05, 0.1) is 17.0 Å². The minimum atomic E-state index is -0.811. The molecule has 4 heteroatoms. The van der Waals surface area contributed by atoms with E-state index in [1.165, 1.54) is 0 Å². The van der Waals surface area contributed by atoms with Crippen molar-refractivity contribution in [3.05, 3.63) is 28.2 Å². The molecule has 0 heterocycles. The van der Waals surface area contributed by atoms with Crippen molar-refractivity contribution in [1.82, 2.24) is 0 Å². The van der Waals surface area contributed by atoms with E-state index >= 15 is 0 Å². The Balaban J connectivity index is 3.06. The Kier molecular flexibility index (Phi) is 3.97. The van der Waals surface area contributed by atoms with Crippen molar-refractivity contribution in [2.24, 2.45) is 5.41 Å². The van der Waals surface area contributed by atoms with Crippen LogP contribution in [0.15, 0.2) is 22.7 Å². The summed E-state index contributed by atoms with van der Waals surface area (Å²) in [5, 5.41) is 9.08. The third-order valence-electron chi connectivity index (χ3n) is 2.46. The molecule has 0 aliphatic heterocycles. The van der Waals surface area contributed by atoms with Crippen LogP contribution in [0.1, 0.15) is 19.4 Å². The smallest absolute Gasteiger partial charge is 0.309 e. The quantitative estimate of drug-likeness (QED) is 0.925. The molecule has 0 bridgehead atoms. The van der Waals surface area contributed by atoms with Crippen molar-refractivity contribution in [3.8, 4) is 5.75 Å². The van der Waals surface area contributed by atoms with E-state index in [0.29, 0.717) is 12.2 Å². The second-order valence-corrected chi connectivity index (χ2v) is 5.15. The van der Waals surface area contributed by atoms with Crippen LogP contribution in [-0.2, 0) is 11.2 Å². The number of halogens is 1. The largest absolute Gasteiger partial charge is 0.495 e. The lowest BCUT2D eigenvalue weighted by Gasteiger charge is -2.20. The van der Waals surface area contributed by atoms with Gasteiger partial charge in [0.2, 0.25) is 0 Å². The van der Waals surface area contributed by atoms with Crippen molar-refractivity contribution in [3.63, 3.8) is 0 Å². The maximum Gasteiger partial charge on any atom is 0.309 e. The lowest BCUT2D eigenvalue weighted by atomic mass is 9.85. The Bertz CT molecular complexity index is 399. The molecule has 3 nitrogen and oxygen atoms in total. The summed E-state index contributed by atoms with van der Waals surface area (Å²) in [5.74, 6) is -0.105. The second-order valence-electron chi connectivity index (χ2n) is 4.30. The molecular weight excluding hydrogens is 272 g/mol. The first-order valence-corrected chi connectivity index (χ1v) is 5.72. The summed E-state index contributed by atoms with van der Waals surface area (Å²) in [5.41, 5.74) is 0.0953. The maximum absolute atomic E-state index is 11.1. The SMILES string of the molecule is COc1c(Br)cccc1CC(C)(C)C(=O)O. The fourth-order valence-electron chi connectivity index (χ4n) is 1.47. The number of carboxylic acids is 1. The van der Waals surface area contributed by atoms with Crippen LogP contribution in [-0.4, -0.2) is 18.2 Å². The topological polar surface area (TPSA) is 46.5 Å². The van der Waals surface area contributed by atoms with Gasteiger partial charge in [0, 0.05) is 0 Å². The van der Waals surface area contributed by atoms with E-state index in [0.717, 1.165) is 10.0 Å². The molecule has 0 aromatic heterocycles. The minimum Gasteiger partial charge on any atom is -0.495 e. The Hall–Kier alpha value is -1.03. The second kappa shape index (κ2) is 4.87. The zero-order valence-electron chi connectivity index (χ0n) is 9.58. The van der Waals surface area contributed by atoms with Crippen LogP contribution in [0, 0.1) is 5.41 Å². The third kappa shape index (κ3) is 2.76. The molecule has 0 atom stereocenters. The number of aliphatic carboxylic acids is 1. The Labute approximate surface area is 104 Å². The van der Waals surface area contributed by atoms with Crippen LogP contribution < -0.4 is 4.74 Å². The molecule has 0 radical (unpaired) electrons. The lowest BCUT2D eigenvalue weighted by Crippen LogP contribution is -2.26. The van der Waals surface area contributed by atoms with Gasteiger partial charge in [-0.1, -0.05) is 12.1 Å². The molecule has 0 fully saturated rings. The van der Waals surface area contributed by atoms with Gasteiger partial charge in [0.15, 0.2) is 0 Å². The molecule has 1 aromatic rings. The van der Waals surface area contributed by atoms with Gasteiger partial charge in [-0.05, 0) is 47.8 Å². The number of benzene rings is 1. The van der Waals surface area contributed by atoms with Crippen LogP contribution in [0.4, 0.5) is 0 Å². The zero-order valence-corrected chi connectivity index (χ0v) is 11.2. The molecule has 1 aromatic carbocycles. The molecule has 0 aliphatic carbocycles. The molecule has 0 spiro atoms. The van der Waals surface area contributed by atoms with Gasteiger partial charge >= 0.3 is 5.97 Å². The van der Waals surface area contributed by atoms with Gasteiger partial charge in [0.1, 0.15) is 5.75 Å². The predicted octanol–water partition coefficient (Wildman–Crippen LogP) is 3.11. The van der Waals surface area contributed by atoms with Gasteiger partial charge in [0.25, 0.3) is 0 Å². The van der Waals surface area contributed by atoms with E-state index < -0.39 is 11.4 Å². The Morgan fingerprint density at radius 3 is 2.62 bits per heavy atom. The number of carboxylic acid groups (broad SMARTS) is 1. The van der Waals surface area contributed by atoms with Crippen molar-refractivity contribution in [2.45, 2.75) is 20.3 Å². The van der Waals surface area contributed by atoms with E-state index in [9.17, 15) is 4.79 Å². The average Bonchev–Trinajstić information content (AvgIpc) is 2.17. The van der Waals surface area contributed by atoms with Gasteiger partial charge < -0.3 is 9.84 Å². The first kappa shape index (κ1) is 13.0. The van der Waals surface area contributed by atoms with Crippen LogP contribution >= 0.6 is 15.9 Å². The van der Waals surface area contributed by atoms with Gasteiger partial charge in [-0.15, -0.1) is 0 Å². The highest BCUT2D eigenvalue weighted by Crippen LogP contribution is 2.33. The summed E-state index contributed by atoms with van der Waals surface area (Å²) < 4.78 is 6.10. The normalized spacial score (nSPS) is 11.2. The summed E-state index contributed by atoms with van der Waals surface area (Å²) in [6, 6.07) is 5.63. The fourth-order valence-corrected chi connectivity index (χ4v) is 2.04. The molecule has 88 valence electrons. The number of methoxy groups -OCH3 is 1. The summed E-state index contributed by atoms with van der Waals surface area (Å²) in [6.45, 7) is 3.41. The zero-order chi connectivity index (χ0) is 12.3. The van der Waals surface area contributed by atoms with E-state index in [1.54, 1.807) is 21.0 Å². The number of ether oxygens (including phenoxy) is 1. The Morgan fingerprint density at radius 1 is 1.50 bits per heavy atom. The lowest BCUT2D eigenvalue weighted by molar-refractivity contribution is -0.146. The molecule has 0 unspecified atom stereocenters. The van der Waals surface area contributed by atoms with Gasteiger partial charge in [-0.2, -0.15) is 0 Å². The van der Waals surface area contributed by atoms with Gasteiger partial charge in [-0.25, -0.2) is 0 Å². The number of para-hydroxylation sites is 1. The maximum atomic E-state index is 11.1. The molecule has 0 amide bonds. The van der Waals surface area contributed by atoms with E-state index in [1.807, 2.05) is 18.2 Å². The summed E-state index contributed by atoms with van der Waals surface area (Å²) in [4.78, 5) is 11.1. The monoisotopic (exact) mass is 286 g/mol. The molecule has 0 saturated heterocycles. The fraction of sp³-hybridized carbons (Fsp3) is 0.417. The highest BCUT2D eigenvalue weighted by Gasteiger charge is 2.28. The average molecular weight is 287 g/mol. The number of carbonyl (C=O) groups is 1. The van der Waals surface area contributed by atoms with Crippen LogP contribution in [0.2, 0.25) is 0 Å². The van der Waals surface area contributed by atoms with E-state index in [4.69, 9.17) is 9.84 Å². The highest BCUT2D eigenvalue weighted by atomic mass is 79.9. The van der Waals surface area contributed by atoms with Crippen molar-refractivity contribution in [1.29, 1.82) is 0 Å². The van der Waals surface area contributed by atoms with Crippen molar-refractivity contribution >= 4 is 21.9 Å². The minimum absolute atomic E-state index is 0.435. The van der Waals surface area contributed by atoms with Gasteiger partial charge in [-0.3, -0.25) is 4.79 Å².